The summed E-state index contributed by atoms with van der Waals surface area (Å²) >= 11 is 0. The SMILES string of the molecule is COc1ccc(NC(=O)c2ccc(F)nc2)cc1CO. The lowest BCUT2D eigenvalue weighted by atomic mass is 10.1. The van der Waals surface area contributed by atoms with E-state index >= 15 is 0 Å². The second-order valence-corrected chi connectivity index (χ2v) is 4.01. The van der Waals surface area contributed by atoms with Crippen LogP contribution in [0, 0.1) is 5.95 Å². The summed E-state index contributed by atoms with van der Waals surface area (Å²) in [6.07, 6.45) is 1.15. The largest absolute Gasteiger partial charge is 0.496 e. The number of aliphatic hydroxyl groups is 1. The van der Waals surface area contributed by atoms with Crippen LogP contribution in [0.5, 0.6) is 5.75 Å². The molecule has 2 aromatic rings. The molecule has 0 aliphatic carbocycles. The van der Waals surface area contributed by atoms with Crippen LogP contribution in [0.25, 0.3) is 0 Å². The summed E-state index contributed by atoms with van der Waals surface area (Å²) in [5.41, 5.74) is 1.31. The first-order valence-corrected chi connectivity index (χ1v) is 5.84. The molecule has 0 saturated carbocycles. The van der Waals surface area contributed by atoms with E-state index in [1.54, 1.807) is 18.2 Å². The molecular formula is C14H13FN2O3. The Bertz CT molecular complexity index is 614. The van der Waals surface area contributed by atoms with E-state index in [1.807, 2.05) is 0 Å². The number of methoxy groups -OCH3 is 1. The Kier molecular flexibility index (Phi) is 4.27. The molecule has 0 unspecified atom stereocenters. The fourth-order valence-corrected chi connectivity index (χ4v) is 1.69. The van der Waals surface area contributed by atoms with Gasteiger partial charge in [0.2, 0.25) is 5.95 Å². The minimum absolute atomic E-state index is 0.203. The highest BCUT2D eigenvalue weighted by molar-refractivity contribution is 6.04. The van der Waals surface area contributed by atoms with Gasteiger partial charge in [0.1, 0.15) is 5.75 Å². The minimum Gasteiger partial charge on any atom is -0.496 e. The Hall–Kier alpha value is -2.47. The summed E-state index contributed by atoms with van der Waals surface area (Å²) in [6.45, 7) is -0.203. The predicted molar refractivity (Wildman–Crippen MR) is 71.1 cm³/mol. The lowest BCUT2D eigenvalue weighted by Crippen LogP contribution is -2.12. The van der Waals surface area contributed by atoms with Crippen LogP contribution < -0.4 is 10.1 Å². The van der Waals surface area contributed by atoms with E-state index in [9.17, 15) is 14.3 Å². The van der Waals surface area contributed by atoms with Gasteiger partial charge in [0.25, 0.3) is 5.91 Å². The van der Waals surface area contributed by atoms with Gasteiger partial charge in [0.15, 0.2) is 0 Å². The Morgan fingerprint density at radius 1 is 1.40 bits per heavy atom. The molecule has 0 aliphatic rings. The van der Waals surface area contributed by atoms with Crippen LogP contribution in [0.1, 0.15) is 15.9 Å². The van der Waals surface area contributed by atoms with E-state index in [0.717, 1.165) is 12.3 Å². The van der Waals surface area contributed by atoms with Gasteiger partial charge in [-0.25, -0.2) is 4.98 Å². The number of aromatic nitrogens is 1. The molecule has 20 heavy (non-hydrogen) atoms. The molecule has 0 spiro atoms. The van der Waals surface area contributed by atoms with Crippen LogP contribution in [0.15, 0.2) is 36.5 Å². The van der Waals surface area contributed by atoms with E-state index in [0.29, 0.717) is 17.0 Å². The number of nitrogens with zero attached hydrogens (tertiary/aromatic N) is 1. The number of carbonyl (C=O) groups excluding carboxylic acids is 1. The highest BCUT2D eigenvalue weighted by atomic mass is 19.1. The molecule has 0 radical (unpaired) electrons. The Morgan fingerprint density at radius 2 is 2.20 bits per heavy atom. The Balaban J connectivity index is 2.17. The van der Waals surface area contributed by atoms with Crippen LogP contribution in [0.4, 0.5) is 10.1 Å². The average molecular weight is 276 g/mol. The van der Waals surface area contributed by atoms with Crippen LogP contribution in [0.3, 0.4) is 0 Å². The van der Waals surface area contributed by atoms with Crippen molar-refractivity contribution in [2.45, 2.75) is 6.61 Å². The second kappa shape index (κ2) is 6.12. The van der Waals surface area contributed by atoms with Crippen molar-refractivity contribution in [3.8, 4) is 5.75 Å². The maximum atomic E-state index is 12.7. The summed E-state index contributed by atoms with van der Waals surface area (Å²) in [4.78, 5) is 15.3. The molecule has 0 saturated heterocycles. The van der Waals surface area contributed by atoms with Crippen molar-refractivity contribution in [3.05, 3.63) is 53.6 Å². The third-order valence-electron chi connectivity index (χ3n) is 2.70. The average Bonchev–Trinajstić information content (AvgIpc) is 2.47. The van der Waals surface area contributed by atoms with Crippen molar-refractivity contribution in [1.29, 1.82) is 0 Å². The number of benzene rings is 1. The van der Waals surface area contributed by atoms with Crippen molar-refractivity contribution < 1.29 is 19.0 Å². The monoisotopic (exact) mass is 276 g/mol. The normalized spacial score (nSPS) is 10.2. The molecule has 0 atom stereocenters. The van der Waals surface area contributed by atoms with Gasteiger partial charge in [-0.1, -0.05) is 0 Å². The van der Waals surface area contributed by atoms with E-state index in [1.165, 1.54) is 13.2 Å². The zero-order chi connectivity index (χ0) is 14.5. The Labute approximate surface area is 115 Å². The van der Waals surface area contributed by atoms with Gasteiger partial charge in [-0.3, -0.25) is 4.79 Å². The molecule has 104 valence electrons. The number of carbonyl (C=O) groups is 1. The van der Waals surface area contributed by atoms with Gasteiger partial charge in [0, 0.05) is 17.4 Å². The third-order valence-corrected chi connectivity index (χ3v) is 2.70. The van der Waals surface area contributed by atoms with Crippen molar-refractivity contribution >= 4 is 11.6 Å². The smallest absolute Gasteiger partial charge is 0.257 e. The van der Waals surface area contributed by atoms with Crippen molar-refractivity contribution in [3.63, 3.8) is 0 Å². The lowest BCUT2D eigenvalue weighted by Gasteiger charge is -2.10. The first-order valence-electron chi connectivity index (χ1n) is 5.84. The zero-order valence-corrected chi connectivity index (χ0v) is 10.8. The maximum Gasteiger partial charge on any atom is 0.257 e. The number of amides is 1. The highest BCUT2D eigenvalue weighted by Crippen LogP contribution is 2.22. The number of pyridine rings is 1. The summed E-state index contributed by atoms with van der Waals surface area (Å²) < 4.78 is 17.7. The number of hydrogen-bond donors (Lipinski definition) is 2. The van der Waals surface area contributed by atoms with Gasteiger partial charge in [-0.2, -0.15) is 4.39 Å². The van der Waals surface area contributed by atoms with Crippen LogP contribution >= 0.6 is 0 Å². The quantitative estimate of drug-likeness (QED) is 0.838. The highest BCUT2D eigenvalue weighted by Gasteiger charge is 2.09. The third kappa shape index (κ3) is 3.10. The zero-order valence-electron chi connectivity index (χ0n) is 10.8. The molecule has 5 nitrogen and oxygen atoms in total. The number of hydrogen-bond acceptors (Lipinski definition) is 4. The molecule has 2 rings (SSSR count). The summed E-state index contributed by atoms with van der Waals surface area (Å²) in [5, 5.41) is 11.8. The molecule has 1 heterocycles. The van der Waals surface area contributed by atoms with Gasteiger partial charge < -0.3 is 15.2 Å². The minimum atomic E-state index is -0.645. The van der Waals surface area contributed by atoms with Crippen molar-refractivity contribution in [2.24, 2.45) is 0 Å². The molecule has 1 aromatic heterocycles. The van der Waals surface area contributed by atoms with E-state index in [4.69, 9.17) is 4.74 Å². The van der Waals surface area contributed by atoms with Crippen molar-refractivity contribution in [1.82, 2.24) is 4.98 Å². The summed E-state index contributed by atoms with van der Waals surface area (Å²) in [5.74, 6) is -0.519. The fraction of sp³-hybridized carbons (Fsp3) is 0.143. The first-order chi connectivity index (χ1) is 9.63. The summed E-state index contributed by atoms with van der Waals surface area (Å²) in [7, 11) is 1.50. The van der Waals surface area contributed by atoms with Crippen LogP contribution in [-0.2, 0) is 6.61 Å². The Morgan fingerprint density at radius 3 is 2.80 bits per heavy atom. The molecule has 2 N–H and O–H groups in total. The standard InChI is InChI=1S/C14H13FN2O3/c1-20-12-4-3-11(6-10(12)8-18)17-14(19)9-2-5-13(15)16-7-9/h2-7,18H,8H2,1H3,(H,17,19). The molecule has 1 amide bonds. The number of ether oxygens (including phenoxy) is 1. The van der Waals surface area contributed by atoms with E-state index in [2.05, 4.69) is 10.3 Å². The molecule has 1 aromatic carbocycles. The van der Waals surface area contributed by atoms with Crippen LogP contribution in [-0.4, -0.2) is 23.1 Å². The van der Waals surface area contributed by atoms with Gasteiger partial charge in [-0.05, 0) is 30.3 Å². The molecule has 0 bridgehead atoms. The number of halogens is 1. The van der Waals surface area contributed by atoms with Gasteiger partial charge >= 0.3 is 0 Å². The van der Waals surface area contributed by atoms with Gasteiger partial charge in [0.05, 0.1) is 19.3 Å². The molecule has 0 aliphatic heterocycles. The number of rotatable bonds is 4. The lowest BCUT2D eigenvalue weighted by molar-refractivity contribution is 0.102. The predicted octanol–water partition coefficient (Wildman–Crippen LogP) is 1.97. The fourth-order valence-electron chi connectivity index (χ4n) is 1.69. The van der Waals surface area contributed by atoms with Gasteiger partial charge in [-0.15, -0.1) is 0 Å². The molecular weight excluding hydrogens is 263 g/mol. The van der Waals surface area contributed by atoms with Crippen molar-refractivity contribution in [2.75, 3.05) is 12.4 Å². The second-order valence-electron chi connectivity index (χ2n) is 4.01. The van der Waals surface area contributed by atoms with E-state index in [-0.39, 0.29) is 12.2 Å². The maximum absolute atomic E-state index is 12.7. The topological polar surface area (TPSA) is 71.5 Å². The molecule has 6 heteroatoms. The first kappa shape index (κ1) is 14.0. The van der Waals surface area contributed by atoms with E-state index < -0.39 is 11.9 Å². The number of anilines is 1. The number of aliphatic hydroxyl groups excluding tert-OH is 1. The van der Waals surface area contributed by atoms with Crippen LogP contribution in [0.2, 0.25) is 0 Å². The number of nitrogens with one attached hydrogen (secondary N) is 1. The molecule has 0 fully saturated rings. The summed E-state index contributed by atoms with van der Waals surface area (Å²) in [6, 6.07) is 7.35.